The second kappa shape index (κ2) is 7.58. The Morgan fingerprint density at radius 3 is 2.36 bits per heavy atom. The molecule has 0 bridgehead atoms. The molecule has 0 unspecified atom stereocenters. The van der Waals surface area contributed by atoms with E-state index in [-0.39, 0.29) is 0 Å². The highest BCUT2D eigenvalue weighted by Gasteiger charge is 2.30. The molecule has 0 radical (unpaired) electrons. The van der Waals surface area contributed by atoms with Crippen LogP contribution in [0.5, 0.6) is 0 Å². The summed E-state index contributed by atoms with van der Waals surface area (Å²) in [5.41, 5.74) is 0.770. The first kappa shape index (κ1) is 18.4. The van der Waals surface area contributed by atoms with Crippen LogP contribution in [0.2, 0.25) is 0 Å². The van der Waals surface area contributed by atoms with E-state index in [4.69, 9.17) is 0 Å². The number of halogens is 3. The summed E-state index contributed by atoms with van der Waals surface area (Å²) in [7, 11) is 0. The maximum atomic E-state index is 13.1. The number of nitrogens with zero attached hydrogens (tertiary/aromatic N) is 4. The molecule has 4 rings (SSSR count). The molecule has 1 aliphatic heterocycles. The first-order chi connectivity index (χ1) is 13.5. The fourth-order valence-corrected chi connectivity index (χ4v) is 3.33. The molecule has 0 aliphatic carbocycles. The molecule has 0 saturated carbocycles. The van der Waals surface area contributed by atoms with Crippen LogP contribution in [0.25, 0.3) is 22.8 Å². The number of hydrogen-bond acceptors (Lipinski definition) is 4. The zero-order chi connectivity index (χ0) is 19.6. The van der Waals surface area contributed by atoms with Crippen molar-refractivity contribution in [1.82, 2.24) is 15.0 Å². The Morgan fingerprint density at radius 1 is 0.821 bits per heavy atom. The van der Waals surface area contributed by atoms with Crippen molar-refractivity contribution in [3.63, 3.8) is 0 Å². The number of anilines is 1. The van der Waals surface area contributed by atoms with Gasteiger partial charge in [-0.25, -0.2) is 9.97 Å². The van der Waals surface area contributed by atoms with Crippen LogP contribution in [-0.2, 0) is 6.18 Å². The minimum atomic E-state index is -4.40. The molecular weight excluding hydrogens is 365 g/mol. The lowest BCUT2D eigenvalue weighted by molar-refractivity contribution is -0.137. The Hall–Kier alpha value is -2.96. The molecule has 1 aromatic carbocycles. The minimum absolute atomic E-state index is 0.410. The third-order valence-corrected chi connectivity index (χ3v) is 4.77. The van der Waals surface area contributed by atoms with Gasteiger partial charge in [0, 0.05) is 30.9 Å². The average molecular weight is 384 g/mol. The summed E-state index contributed by atoms with van der Waals surface area (Å²) in [6.45, 7) is 1.75. The van der Waals surface area contributed by atoms with Crippen LogP contribution < -0.4 is 4.90 Å². The third-order valence-electron chi connectivity index (χ3n) is 4.77. The molecule has 1 saturated heterocycles. The largest absolute Gasteiger partial charge is 0.416 e. The van der Waals surface area contributed by atoms with Gasteiger partial charge in [-0.15, -0.1) is 0 Å². The first-order valence-corrected chi connectivity index (χ1v) is 9.24. The average Bonchev–Trinajstić information content (AvgIpc) is 2.74. The summed E-state index contributed by atoms with van der Waals surface area (Å²) >= 11 is 0. The van der Waals surface area contributed by atoms with Gasteiger partial charge in [0.15, 0.2) is 5.82 Å². The van der Waals surface area contributed by atoms with Crippen molar-refractivity contribution in [2.24, 2.45) is 0 Å². The van der Waals surface area contributed by atoms with Crippen molar-refractivity contribution >= 4 is 5.82 Å². The number of piperidine rings is 1. The summed E-state index contributed by atoms with van der Waals surface area (Å²) in [5.74, 6) is 1.14. The predicted molar refractivity (Wildman–Crippen MR) is 102 cm³/mol. The van der Waals surface area contributed by atoms with E-state index in [1.165, 1.54) is 12.5 Å². The van der Waals surface area contributed by atoms with Crippen LogP contribution in [0, 0.1) is 0 Å². The topological polar surface area (TPSA) is 41.9 Å². The van der Waals surface area contributed by atoms with E-state index in [0.717, 1.165) is 43.9 Å². The number of hydrogen-bond donors (Lipinski definition) is 0. The van der Waals surface area contributed by atoms with E-state index in [9.17, 15) is 13.2 Å². The van der Waals surface area contributed by atoms with Crippen molar-refractivity contribution in [2.75, 3.05) is 18.0 Å². The van der Waals surface area contributed by atoms with E-state index in [1.54, 1.807) is 30.5 Å². The van der Waals surface area contributed by atoms with Crippen LogP contribution in [0.1, 0.15) is 24.8 Å². The molecule has 1 fully saturated rings. The molecule has 28 heavy (non-hydrogen) atoms. The number of rotatable bonds is 3. The highest BCUT2D eigenvalue weighted by atomic mass is 19.4. The smallest absolute Gasteiger partial charge is 0.356 e. The van der Waals surface area contributed by atoms with E-state index >= 15 is 0 Å². The zero-order valence-corrected chi connectivity index (χ0v) is 15.2. The van der Waals surface area contributed by atoms with Gasteiger partial charge in [-0.2, -0.15) is 13.2 Å². The molecule has 0 spiro atoms. The quantitative estimate of drug-likeness (QED) is 0.621. The van der Waals surface area contributed by atoms with Gasteiger partial charge in [0.1, 0.15) is 11.5 Å². The number of aromatic nitrogens is 3. The molecule has 0 amide bonds. The lowest BCUT2D eigenvalue weighted by Gasteiger charge is -2.28. The predicted octanol–water partition coefficient (Wildman–Crippen LogP) is 5.21. The minimum Gasteiger partial charge on any atom is -0.356 e. The van der Waals surface area contributed by atoms with Crippen LogP contribution in [-0.4, -0.2) is 28.0 Å². The molecule has 1 aliphatic rings. The molecule has 0 atom stereocenters. The lowest BCUT2D eigenvalue weighted by Crippen LogP contribution is -2.30. The van der Waals surface area contributed by atoms with Crippen LogP contribution in [0.15, 0.2) is 54.7 Å². The van der Waals surface area contributed by atoms with Gasteiger partial charge in [-0.1, -0.05) is 18.2 Å². The van der Waals surface area contributed by atoms with Crippen molar-refractivity contribution in [3.05, 3.63) is 60.3 Å². The summed E-state index contributed by atoms with van der Waals surface area (Å²) in [6, 6.07) is 12.4. The van der Waals surface area contributed by atoms with Crippen LogP contribution in [0.3, 0.4) is 0 Å². The highest BCUT2D eigenvalue weighted by molar-refractivity contribution is 5.67. The molecule has 7 heteroatoms. The van der Waals surface area contributed by atoms with Crippen LogP contribution >= 0.6 is 0 Å². The lowest BCUT2D eigenvalue weighted by atomic mass is 10.1. The Kier molecular flexibility index (Phi) is 4.98. The van der Waals surface area contributed by atoms with Crippen molar-refractivity contribution in [2.45, 2.75) is 25.4 Å². The monoisotopic (exact) mass is 384 g/mol. The second-order valence-corrected chi connectivity index (χ2v) is 6.78. The normalized spacial score (nSPS) is 14.9. The summed E-state index contributed by atoms with van der Waals surface area (Å²) < 4.78 is 39.4. The number of alkyl halides is 3. The molecule has 0 N–H and O–H groups in total. The second-order valence-electron chi connectivity index (χ2n) is 6.78. The molecule has 144 valence electrons. The maximum Gasteiger partial charge on any atom is 0.416 e. The number of pyridine rings is 1. The van der Waals surface area contributed by atoms with Crippen molar-refractivity contribution in [3.8, 4) is 22.8 Å². The van der Waals surface area contributed by atoms with E-state index in [2.05, 4.69) is 19.9 Å². The van der Waals surface area contributed by atoms with Gasteiger partial charge in [-0.05, 0) is 43.5 Å². The Morgan fingerprint density at radius 2 is 1.64 bits per heavy atom. The molecule has 3 heterocycles. The van der Waals surface area contributed by atoms with Gasteiger partial charge >= 0.3 is 6.18 Å². The first-order valence-electron chi connectivity index (χ1n) is 9.24. The van der Waals surface area contributed by atoms with Gasteiger partial charge < -0.3 is 4.90 Å². The van der Waals surface area contributed by atoms with Gasteiger partial charge in [0.2, 0.25) is 0 Å². The SMILES string of the molecule is FC(F)(F)c1cccc(-c2cc(N3CCCCC3)nc(-c3ccccn3)n2)c1. The zero-order valence-electron chi connectivity index (χ0n) is 15.2. The fourth-order valence-electron chi connectivity index (χ4n) is 3.33. The van der Waals surface area contributed by atoms with Crippen molar-refractivity contribution in [1.29, 1.82) is 0 Å². The van der Waals surface area contributed by atoms with E-state index in [1.807, 2.05) is 6.07 Å². The van der Waals surface area contributed by atoms with Crippen molar-refractivity contribution < 1.29 is 13.2 Å². The maximum absolute atomic E-state index is 13.1. The van der Waals surface area contributed by atoms with Gasteiger partial charge in [0.05, 0.1) is 11.3 Å². The molecule has 3 aromatic rings. The van der Waals surface area contributed by atoms with E-state index in [0.29, 0.717) is 22.8 Å². The molecule has 4 nitrogen and oxygen atoms in total. The Labute approximate surface area is 161 Å². The van der Waals surface area contributed by atoms with Gasteiger partial charge in [0.25, 0.3) is 0 Å². The third kappa shape index (κ3) is 3.98. The molecule has 2 aromatic heterocycles. The summed E-state index contributed by atoms with van der Waals surface area (Å²) in [4.78, 5) is 15.6. The van der Waals surface area contributed by atoms with E-state index < -0.39 is 11.7 Å². The summed E-state index contributed by atoms with van der Waals surface area (Å²) in [5, 5.41) is 0. The molecular formula is C21H19F3N4. The fraction of sp³-hybridized carbons (Fsp3) is 0.286. The number of benzene rings is 1. The van der Waals surface area contributed by atoms with Gasteiger partial charge in [-0.3, -0.25) is 4.98 Å². The Bertz CT molecular complexity index is 951. The summed E-state index contributed by atoms with van der Waals surface area (Å²) in [6.07, 6.45) is 0.567. The van der Waals surface area contributed by atoms with Crippen LogP contribution in [0.4, 0.5) is 19.0 Å². The highest BCUT2D eigenvalue weighted by Crippen LogP contribution is 2.33. The standard InChI is InChI=1S/C21H19F3N4/c22-21(23,24)16-8-6-7-15(13-16)18-14-19(28-11-4-1-5-12-28)27-20(26-18)17-9-2-3-10-25-17/h2-3,6-10,13-14H,1,4-5,11-12H2. The Balaban J connectivity index is 1.82.